The summed E-state index contributed by atoms with van der Waals surface area (Å²) in [6, 6.07) is 3.74. The third kappa shape index (κ3) is 6.40. The van der Waals surface area contributed by atoms with E-state index >= 15 is 0 Å². The summed E-state index contributed by atoms with van der Waals surface area (Å²) in [5, 5.41) is 19.5. The Bertz CT molecular complexity index is 1580. The van der Waals surface area contributed by atoms with Gasteiger partial charge in [-0.05, 0) is 43.9 Å². The molecule has 3 aromatic rings. The van der Waals surface area contributed by atoms with Gasteiger partial charge in [-0.15, -0.1) is 0 Å². The van der Waals surface area contributed by atoms with Crippen molar-refractivity contribution in [3.8, 4) is 11.3 Å². The van der Waals surface area contributed by atoms with Crippen LogP contribution in [0.3, 0.4) is 0 Å². The molecule has 4 N–H and O–H groups in total. The van der Waals surface area contributed by atoms with Gasteiger partial charge in [-0.25, -0.2) is 13.8 Å². The van der Waals surface area contributed by atoms with Gasteiger partial charge in [-0.1, -0.05) is 11.6 Å². The van der Waals surface area contributed by atoms with E-state index in [2.05, 4.69) is 26.0 Å². The van der Waals surface area contributed by atoms with Crippen molar-refractivity contribution in [1.29, 1.82) is 0 Å². The number of halogens is 6. The number of rotatable bonds is 6. The van der Waals surface area contributed by atoms with Crippen molar-refractivity contribution in [3.05, 3.63) is 52.7 Å². The number of benzene rings is 1. The molecule has 17 heteroatoms. The Labute approximate surface area is 251 Å². The number of carbonyl (C=O) groups excluding carboxylic acids is 2. The van der Waals surface area contributed by atoms with Gasteiger partial charge in [0.1, 0.15) is 6.04 Å². The molecule has 2 amide bonds. The number of alkyl halides is 5. The van der Waals surface area contributed by atoms with E-state index in [0.717, 1.165) is 42.6 Å². The fraction of sp³-hybridized carbons (Fsp3) is 0.444. The van der Waals surface area contributed by atoms with E-state index in [9.17, 15) is 31.5 Å². The van der Waals surface area contributed by atoms with Crippen LogP contribution in [0.15, 0.2) is 30.6 Å². The highest BCUT2D eigenvalue weighted by atomic mass is 35.5. The molecule has 2 bridgehead atoms. The van der Waals surface area contributed by atoms with E-state index in [1.54, 1.807) is 0 Å². The zero-order valence-electron chi connectivity index (χ0n) is 23.0. The normalized spacial score (nSPS) is 23.3. The first kappa shape index (κ1) is 31.4. The number of nitrogens with one attached hydrogen (secondary N) is 3. The topological polar surface area (TPSA) is 143 Å². The van der Waals surface area contributed by atoms with Crippen molar-refractivity contribution in [2.75, 3.05) is 5.32 Å². The molecule has 2 aliphatic heterocycles. The molecule has 1 unspecified atom stereocenters. The second kappa shape index (κ2) is 11.8. The maximum Gasteiger partial charge on any atom is 0.435 e. The van der Waals surface area contributed by atoms with Crippen molar-refractivity contribution in [3.63, 3.8) is 0 Å². The van der Waals surface area contributed by atoms with Gasteiger partial charge in [0.05, 0.1) is 28.0 Å². The minimum atomic E-state index is -4.92. The summed E-state index contributed by atoms with van der Waals surface area (Å²) in [6.07, 6.45) is 0.291. The molecule has 2 aromatic heterocycles. The zero-order valence-corrected chi connectivity index (χ0v) is 23.8. The lowest BCUT2D eigenvalue weighted by molar-refractivity contribution is -0.141. The lowest BCUT2D eigenvalue weighted by Crippen LogP contribution is -2.48. The lowest BCUT2D eigenvalue weighted by atomic mass is 9.99. The Morgan fingerprint density at radius 3 is 2.39 bits per heavy atom. The van der Waals surface area contributed by atoms with Gasteiger partial charge < -0.3 is 25.6 Å². The van der Waals surface area contributed by atoms with Crippen molar-refractivity contribution in [2.24, 2.45) is 7.05 Å². The first-order valence-corrected chi connectivity index (χ1v) is 13.9. The van der Waals surface area contributed by atoms with Crippen molar-refractivity contribution in [1.82, 2.24) is 30.0 Å². The number of amides is 2. The number of aromatic nitrogens is 4. The largest absolute Gasteiger partial charge is 0.483 e. The molecular weight excluding hydrogens is 617 g/mol. The molecule has 2 saturated heterocycles. The van der Waals surface area contributed by atoms with Crippen LogP contribution in [0, 0.1) is 0 Å². The van der Waals surface area contributed by atoms with Crippen molar-refractivity contribution >= 4 is 35.6 Å². The molecule has 3 aliphatic rings. The number of carboxylic acid groups (broad SMARTS) is 1. The van der Waals surface area contributed by atoms with Crippen LogP contribution in [-0.4, -0.2) is 66.8 Å². The Balaban J connectivity index is 0.00000123. The molecule has 1 saturated carbocycles. The predicted molar refractivity (Wildman–Crippen MR) is 147 cm³/mol. The fourth-order valence-electron chi connectivity index (χ4n) is 5.71. The summed E-state index contributed by atoms with van der Waals surface area (Å²) in [4.78, 5) is 38.1. The Morgan fingerprint density at radius 2 is 1.82 bits per heavy atom. The molecule has 44 heavy (non-hydrogen) atoms. The molecule has 236 valence electrons. The van der Waals surface area contributed by atoms with E-state index in [1.807, 2.05) is 0 Å². The highest BCUT2D eigenvalue weighted by molar-refractivity contribution is 6.34. The molecule has 11 nitrogen and oxygen atoms in total. The average molecular weight is 644 g/mol. The highest BCUT2D eigenvalue weighted by Gasteiger charge is 2.59. The van der Waals surface area contributed by atoms with Crippen LogP contribution in [0.4, 0.5) is 27.6 Å². The number of fused-ring (bicyclic) bond motifs is 2. The van der Waals surface area contributed by atoms with Gasteiger partial charge in [0.25, 0.3) is 24.2 Å². The van der Waals surface area contributed by atoms with Crippen LogP contribution in [0.5, 0.6) is 0 Å². The molecule has 0 radical (unpaired) electrons. The highest BCUT2D eigenvalue weighted by Crippen LogP contribution is 2.53. The van der Waals surface area contributed by atoms with Crippen LogP contribution >= 0.6 is 11.6 Å². The Morgan fingerprint density at radius 1 is 1.18 bits per heavy atom. The molecule has 6 rings (SSSR count). The number of hydrogen-bond donors (Lipinski definition) is 4. The second-order valence-electron chi connectivity index (χ2n) is 10.9. The van der Waals surface area contributed by atoms with Gasteiger partial charge in [0.2, 0.25) is 0 Å². The predicted octanol–water partition coefficient (Wildman–Crippen LogP) is 4.50. The van der Waals surface area contributed by atoms with Gasteiger partial charge in [0.15, 0.2) is 11.5 Å². The van der Waals surface area contributed by atoms with Gasteiger partial charge >= 0.3 is 6.18 Å². The van der Waals surface area contributed by atoms with Crippen molar-refractivity contribution in [2.45, 2.75) is 68.4 Å². The van der Waals surface area contributed by atoms with Gasteiger partial charge in [0, 0.05) is 43.5 Å². The maximum atomic E-state index is 13.7. The SMILES string of the molecule is Cn1c(-c2cn(C3CC3(F)F)nc2C(F)(F)F)cnc1C(=O)Nc1ccc(C(=O)N[C@H]2C[C@H]3CC[C@@H](C2)N3)c(Cl)c1.O=CO. The average Bonchev–Trinajstić information content (AvgIpc) is 3.28. The van der Waals surface area contributed by atoms with E-state index in [0.29, 0.717) is 16.8 Å². The number of carbonyl (C=O) groups is 3. The van der Waals surface area contributed by atoms with E-state index in [1.165, 1.54) is 25.2 Å². The van der Waals surface area contributed by atoms with Crippen LogP contribution in [0.25, 0.3) is 11.3 Å². The zero-order chi connectivity index (χ0) is 32.0. The summed E-state index contributed by atoms with van der Waals surface area (Å²) >= 11 is 6.36. The fourth-order valence-corrected chi connectivity index (χ4v) is 5.97. The second-order valence-corrected chi connectivity index (χ2v) is 11.3. The molecule has 4 heterocycles. The maximum absolute atomic E-state index is 13.7. The summed E-state index contributed by atoms with van der Waals surface area (Å²) < 4.78 is 69.8. The van der Waals surface area contributed by atoms with Crippen LogP contribution < -0.4 is 16.0 Å². The number of anilines is 1. The smallest absolute Gasteiger partial charge is 0.435 e. The quantitative estimate of drug-likeness (QED) is 0.229. The lowest BCUT2D eigenvalue weighted by Gasteiger charge is -2.29. The number of nitrogens with zero attached hydrogens (tertiary/aromatic N) is 4. The standard InChI is InChI=1S/C26H25ClF5N7O2.CH2O2/c1-38-19(17-11-39(20-9-25(20,28)29)37-21(17)26(30,31)32)10-33-22(38)24(41)35-14-4-5-16(18(27)8-14)23(40)36-15-6-12-2-3-13(7-15)34-12;2-1-3/h4-5,8,10-13,15,20,34H,2-3,6-7,9H2,1H3,(H,35,41)(H,36,40);1H,(H,2,3)/t12-,13+,15+,20?;. The summed E-state index contributed by atoms with van der Waals surface area (Å²) in [6.45, 7) is -0.250. The number of imidazole rings is 1. The number of hydrogen-bond acceptors (Lipinski definition) is 6. The van der Waals surface area contributed by atoms with E-state index in [-0.39, 0.29) is 46.2 Å². The summed E-state index contributed by atoms with van der Waals surface area (Å²) in [5.74, 6) is -4.45. The summed E-state index contributed by atoms with van der Waals surface area (Å²) in [7, 11) is 1.33. The first-order valence-electron chi connectivity index (χ1n) is 13.5. The minimum absolute atomic E-state index is 0.0417. The van der Waals surface area contributed by atoms with Crippen LogP contribution in [0.2, 0.25) is 5.02 Å². The van der Waals surface area contributed by atoms with Gasteiger partial charge in [-0.3, -0.25) is 19.1 Å². The molecule has 1 aromatic carbocycles. The van der Waals surface area contributed by atoms with E-state index in [4.69, 9.17) is 21.5 Å². The van der Waals surface area contributed by atoms with E-state index < -0.39 is 41.7 Å². The first-order chi connectivity index (χ1) is 20.7. The van der Waals surface area contributed by atoms with Gasteiger partial charge in [-0.2, -0.15) is 18.3 Å². The number of piperidine rings is 1. The minimum Gasteiger partial charge on any atom is -0.483 e. The monoisotopic (exact) mass is 643 g/mol. The summed E-state index contributed by atoms with van der Waals surface area (Å²) in [5.41, 5.74) is -1.48. The van der Waals surface area contributed by atoms with Crippen LogP contribution in [0.1, 0.15) is 64.8 Å². The Kier molecular flexibility index (Phi) is 8.41. The molecule has 1 aliphatic carbocycles. The molecular formula is C27H27ClF5N7O4. The Hall–Kier alpha value is -4.05. The third-order valence-electron chi connectivity index (χ3n) is 7.86. The van der Waals surface area contributed by atoms with Crippen LogP contribution in [-0.2, 0) is 18.0 Å². The van der Waals surface area contributed by atoms with Crippen molar-refractivity contribution < 1.29 is 41.4 Å². The molecule has 3 fully saturated rings. The third-order valence-corrected chi connectivity index (χ3v) is 8.17. The molecule has 4 atom stereocenters. The molecule has 0 spiro atoms.